The van der Waals surface area contributed by atoms with Crippen LogP contribution in [-0.4, -0.2) is 26.3 Å². The number of pyridine rings is 1. The number of hydrogen-bond donors (Lipinski definition) is 1. The lowest BCUT2D eigenvalue weighted by Gasteiger charge is -2.29. The SMILES string of the molecule is Nc1cccnc1N1CCn2c(nnc2C(F)(F)F)C1. The predicted octanol–water partition coefficient (Wildman–Crippen LogP) is 1.29. The second kappa shape index (κ2) is 4.36. The molecule has 106 valence electrons. The fraction of sp³-hybridized carbons (Fsp3) is 0.364. The average molecular weight is 284 g/mol. The van der Waals surface area contributed by atoms with Crippen molar-refractivity contribution in [1.29, 1.82) is 0 Å². The molecule has 0 fully saturated rings. The van der Waals surface area contributed by atoms with Gasteiger partial charge in [-0.25, -0.2) is 4.98 Å². The van der Waals surface area contributed by atoms with Gasteiger partial charge in [-0.15, -0.1) is 10.2 Å². The quantitative estimate of drug-likeness (QED) is 0.854. The second-order valence-electron chi connectivity index (χ2n) is 4.43. The van der Waals surface area contributed by atoms with Gasteiger partial charge in [-0.1, -0.05) is 0 Å². The van der Waals surface area contributed by atoms with Crippen molar-refractivity contribution >= 4 is 11.5 Å². The monoisotopic (exact) mass is 284 g/mol. The van der Waals surface area contributed by atoms with Crippen molar-refractivity contribution in [2.75, 3.05) is 17.2 Å². The molecular formula is C11H11F3N6. The summed E-state index contributed by atoms with van der Waals surface area (Å²) in [6, 6.07) is 3.40. The van der Waals surface area contributed by atoms with Gasteiger partial charge in [0.1, 0.15) is 0 Å². The lowest BCUT2D eigenvalue weighted by molar-refractivity contribution is -0.147. The third-order valence-electron chi connectivity index (χ3n) is 3.12. The topological polar surface area (TPSA) is 72.9 Å². The molecular weight excluding hydrogens is 273 g/mol. The molecule has 0 amide bonds. The molecule has 0 atom stereocenters. The maximum Gasteiger partial charge on any atom is 0.451 e. The zero-order chi connectivity index (χ0) is 14.3. The molecule has 3 heterocycles. The number of nitrogens with two attached hydrogens (primary N) is 1. The zero-order valence-electron chi connectivity index (χ0n) is 10.3. The number of rotatable bonds is 1. The number of hydrogen-bond acceptors (Lipinski definition) is 5. The Morgan fingerprint density at radius 2 is 2.00 bits per heavy atom. The van der Waals surface area contributed by atoms with Crippen LogP contribution in [0, 0.1) is 0 Å². The summed E-state index contributed by atoms with van der Waals surface area (Å²) in [5.74, 6) is -0.148. The Morgan fingerprint density at radius 1 is 1.20 bits per heavy atom. The number of halogens is 3. The lowest BCUT2D eigenvalue weighted by atomic mass is 10.3. The van der Waals surface area contributed by atoms with Crippen LogP contribution in [0.25, 0.3) is 0 Å². The van der Waals surface area contributed by atoms with Crippen LogP contribution in [0.4, 0.5) is 24.7 Å². The third-order valence-corrected chi connectivity index (χ3v) is 3.12. The van der Waals surface area contributed by atoms with E-state index in [1.165, 1.54) is 0 Å². The highest BCUT2D eigenvalue weighted by atomic mass is 19.4. The van der Waals surface area contributed by atoms with Gasteiger partial charge in [0.05, 0.1) is 12.2 Å². The van der Waals surface area contributed by atoms with Crippen LogP contribution >= 0.6 is 0 Å². The van der Waals surface area contributed by atoms with E-state index in [4.69, 9.17) is 5.73 Å². The molecule has 0 spiro atoms. The molecule has 1 aliphatic heterocycles. The molecule has 0 saturated carbocycles. The first-order valence-electron chi connectivity index (χ1n) is 5.91. The fourth-order valence-electron chi connectivity index (χ4n) is 2.22. The lowest BCUT2D eigenvalue weighted by Crippen LogP contribution is -2.36. The van der Waals surface area contributed by atoms with E-state index in [9.17, 15) is 13.2 Å². The molecule has 0 radical (unpaired) electrons. The third kappa shape index (κ3) is 2.04. The van der Waals surface area contributed by atoms with E-state index >= 15 is 0 Å². The molecule has 0 bridgehead atoms. The van der Waals surface area contributed by atoms with E-state index < -0.39 is 12.0 Å². The summed E-state index contributed by atoms with van der Waals surface area (Å²) in [6.07, 6.45) is -2.90. The molecule has 0 aromatic carbocycles. The van der Waals surface area contributed by atoms with E-state index in [-0.39, 0.29) is 18.9 Å². The molecule has 0 unspecified atom stereocenters. The minimum Gasteiger partial charge on any atom is -0.396 e. The minimum atomic E-state index is -4.49. The van der Waals surface area contributed by atoms with Gasteiger partial charge in [0, 0.05) is 19.3 Å². The number of fused-ring (bicyclic) bond motifs is 1. The predicted molar refractivity (Wildman–Crippen MR) is 64.7 cm³/mol. The molecule has 2 N–H and O–H groups in total. The smallest absolute Gasteiger partial charge is 0.396 e. The van der Waals surface area contributed by atoms with E-state index in [1.54, 1.807) is 23.2 Å². The number of anilines is 2. The minimum absolute atomic E-state index is 0.146. The maximum atomic E-state index is 12.7. The summed E-state index contributed by atoms with van der Waals surface area (Å²) < 4.78 is 39.3. The van der Waals surface area contributed by atoms with E-state index in [0.717, 1.165) is 4.57 Å². The molecule has 9 heteroatoms. The highest BCUT2D eigenvalue weighted by Crippen LogP contribution is 2.30. The summed E-state index contributed by atoms with van der Waals surface area (Å²) in [7, 11) is 0. The summed E-state index contributed by atoms with van der Waals surface area (Å²) in [4.78, 5) is 5.94. The number of nitrogen functional groups attached to an aromatic ring is 1. The largest absolute Gasteiger partial charge is 0.451 e. The van der Waals surface area contributed by atoms with E-state index in [0.29, 0.717) is 18.1 Å². The Bertz CT molecular complexity index is 635. The van der Waals surface area contributed by atoms with Crippen molar-refractivity contribution < 1.29 is 13.2 Å². The molecule has 2 aromatic heterocycles. The molecule has 6 nitrogen and oxygen atoms in total. The summed E-state index contributed by atoms with van der Waals surface area (Å²) >= 11 is 0. The van der Waals surface area contributed by atoms with Crippen LogP contribution < -0.4 is 10.6 Å². The number of aromatic nitrogens is 4. The van der Waals surface area contributed by atoms with Crippen LogP contribution in [0.15, 0.2) is 18.3 Å². The Labute approximate surface area is 112 Å². The molecule has 0 aliphatic carbocycles. The number of nitrogens with zero attached hydrogens (tertiary/aromatic N) is 5. The van der Waals surface area contributed by atoms with Gasteiger partial charge in [-0.2, -0.15) is 13.2 Å². The van der Waals surface area contributed by atoms with Crippen LogP contribution in [0.2, 0.25) is 0 Å². The van der Waals surface area contributed by atoms with Gasteiger partial charge in [0.2, 0.25) is 5.82 Å². The van der Waals surface area contributed by atoms with Gasteiger partial charge in [0.25, 0.3) is 0 Å². The summed E-state index contributed by atoms with van der Waals surface area (Å²) in [5.41, 5.74) is 6.30. The zero-order valence-corrected chi connectivity index (χ0v) is 10.3. The van der Waals surface area contributed by atoms with E-state index in [1.807, 2.05) is 0 Å². The van der Waals surface area contributed by atoms with E-state index in [2.05, 4.69) is 15.2 Å². The molecule has 2 aromatic rings. The van der Waals surface area contributed by atoms with Crippen LogP contribution in [0.5, 0.6) is 0 Å². The van der Waals surface area contributed by atoms with Gasteiger partial charge in [-0.05, 0) is 12.1 Å². The van der Waals surface area contributed by atoms with Gasteiger partial charge >= 0.3 is 6.18 Å². The first-order chi connectivity index (χ1) is 9.47. The van der Waals surface area contributed by atoms with Crippen LogP contribution in [0.3, 0.4) is 0 Å². The normalized spacial score (nSPS) is 15.2. The van der Waals surface area contributed by atoms with Crippen molar-refractivity contribution in [3.8, 4) is 0 Å². The van der Waals surface area contributed by atoms with Gasteiger partial charge in [-0.3, -0.25) is 0 Å². The highest BCUT2D eigenvalue weighted by Gasteiger charge is 2.39. The molecule has 20 heavy (non-hydrogen) atoms. The van der Waals surface area contributed by atoms with Crippen molar-refractivity contribution in [3.63, 3.8) is 0 Å². The Kier molecular flexibility index (Phi) is 2.77. The first-order valence-corrected chi connectivity index (χ1v) is 5.91. The van der Waals surface area contributed by atoms with Crippen LogP contribution in [0.1, 0.15) is 11.6 Å². The second-order valence-corrected chi connectivity index (χ2v) is 4.43. The maximum absolute atomic E-state index is 12.7. The van der Waals surface area contributed by atoms with Crippen molar-refractivity contribution in [1.82, 2.24) is 19.7 Å². The van der Waals surface area contributed by atoms with Crippen molar-refractivity contribution in [2.24, 2.45) is 0 Å². The Morgan fingerprint density at radius 3 is 2.70 bits per heavy atom. The highest BCUT2D eigenvalue weighted by molar-refractivity contribution is 5.62. The summed E-state index contributed by atoms with van der Waals surface area (Å²) in [5, 5.41) is 6.84. The van der Waals surface area contributed by atoms with Crippen molar-refractivity contribution in [2.45, 2.75) is 19.3 Å². The van der Waals surface area contributed by atoms with Crippen LogP contribution in [-0.2, 0) is 19.3 Å². The van der Waals surface area contributed by atoms with Crippen molar-refractivity contribution in [3.05, 3.63) is 30.0 Å². The van der Waals surface area contributed by atoms with Gasteiger partial charge < -0.3 is 15.2 Å². The molecule has 1 aliphatic rings. The Hall–Kier alpha value is -2.32. The Balaban J connectivity index is 1.91. The average Bonchev–Trinajstić information content (AvgIpc) is 2.82. The first kappa shape index (κ1) is 12.7. The summed E-state index contributed by atoms with van der Waals surface area (Å²) in [6.45, 7) is 0.715. The molecule has 3 rings (SSSR count). The molecule has 0 saturated heterocycles. The van der Waals surface area contributed by atoms with Gasteiger partial charge in [0.15, 0.2) is 11.6 Å². The standard InChI is InChI=1S/C11H11F3N6/c12-11(13,14)10-18-17-8-6-19(4-5-20(8)10)9-7(15)2-1-3-16-9/h1-3H,4-6,15H2. The fourth-order valence-corrected chi connectivity index (χ4v) is 2.22. The number of alkyl halides is 3.